The third-order valence-electron chi connectivity index (χ3n) is 5.09. The maximum absolute atomic E-state index is 11.9. The van der Waals surface area contributed by atoms with Crippen molar-refractivity contribution >= 4 is 5.97 Å². The SMILES string of the molecule is COC(=O)C1(N)CCCC1CCN(C)CC1CCCCO1. The summed E-state index contributed by atoms with van der Waals surface area (Å²) in [6.07, 6.45) is 7.75. The van der Waals surface area contributed by atoms with Crippen LogP contribution in [0.3, 0.4) is 0 Å². The van der Waals surface area contributed by atoms with Crippen molar-refractivity contribution in [2.24, 2.45) is 11.7 Å². The predicted molar refractivity (Wildman–Crippen MR) is 82.0 cm³/mol. The Bertz CT molecular complexity index is 344. The Balaban J connectivity index is 1.77. The molecule has 3 atom stereocenters. The van der Waals surface area contributed by atoms with Crippen molar-refractivity contribution in [3.8, 4) is 0 Å². The molecule has 0 bridgehead atoms. The Morgan fingerprint density at radius 1 is 1.38 bits per heavy atom. The van der Waals surface area contributed by atoms with Crippen LogP contribution in [0, 0.1) is 5.92 Å². The van der Waals surface area contributed by atoms with E-state index in [1.54, 1.807) is 0 Å². The molecule has 1 heterocycles. The van der Waals surface area contributed by atoms with E-state index in [-0.39, 0.29) is 11.9 Å². The minimum Gasteiger partial charge on any atom is -0.468 e. The van der Waals surface area contributed by atoms with Crippen LogP contribution in [0.25, 0.3) is 0 Å². The van der Waals surface area contributed by atoms with E-state index in [4.69, 9.17) is 15.2 Å². The smallest absolute Gasteiger partial charge is 0.326 e. The molecule has 122 valence electrons. The number of methoxy groups -OCH3 is 1. The molecule has 1 aliphatic heterocycles. The van der Waals surface area contributed by atoms with E-state index in [0.29, 0.717) is 6.10 Å². The number of esters is 1. The Kier molecular flexibility index (Phi) is 6.02. The second-order valence-electron chi connectivity index (χ2n) is 6.66. The van der Waals surface area contributed by atoms with Crippen molar-refractivity contribution in [2.45, 2.75) is 56.6 Å². The fraction of sp³-hybridized carbons (Fsp3) is 0.938. The number of hydrogen-bond donors (Lipinski definition) is 1. The van der Waals surface area contributed by atoms with E-state index < -0.39 is 5.54 Å². The highest BCUT2D eigenvalue weighted by molar-refractivity contribution is 5.81. The molecule has 5 nitrogen and oxygen atoms in total. The topological polar surface area (TPSA) is 64.8 Å². The average molecular weight is 298 g/mol. The molecule has 21 heavy (non-hydrogen) atoms. The normalized spacial score (nSPS) is 33.3. The quantitative estimate of drug-likeness (QED) is 0.754. The molecule has 3 unspecified atom stereocenters. The lowest BCUT2D eigenvalue weighted by atomic mass is 9.85. The summed E-state index contributed by atoms with van der Waals surface area (Å²) >= 11 is 0. The summed E-state index contributed by atoms with van der Waals surface area (Å²) in [4.78, 5) is 14.2. The van der Waals surface area contributed by atoms with Crippen molar-refractivity contribution in [2.75, 3.05) is 33.9 Å². The summed E-state index contributed by atoms with van der Waals surface area (Å²) < 4.78 is 10.7. The highest BCUT2D eigenvalue weighted by atomic mass is 16.5. The molecule has 2 aliphatic rings. The summed E-state index contributed by atoms with van der Waals surface area (Å²) in [6.45, 7) is 2.83. The Morgan fingerprint density at radius 2 is 2.19 bits per heavy atom. The first-order valence-electron chi connectivity index (χ1n) is 8.23. The maximum Gasteiger partial charge on any atom is 0.326 e. The second kappa shape index (κ2) is 7.56. The molecular weight excluding hydrogens is 268 g/mol. The van der Waals surface area contributed by atoms with Crippen LogP contribution in [0.4, 0.5) is 0 Å². The van der Waals surface area contributed by atoms with Gasteiger partial charge in [-0.2, -0.15) is 0 Å². The number of rotatable bonds is 6. The first kappa shape index (κ1) is 16.7. The molecule has 0 radical (unpaired) electrons. The molecule has 0 spiro atoms. The second-order valence-corrected chi connectivity index (χ2v) is 6.66. The number of likely N-dealkylation sites (N-methyl/N-ethyl adjacent to an activating group) is 1. The minimum absolute atomic E-state index is 0.236. The highest BCUT2D eigenvalue weighted by Crippen LogP contribution is 2.37. The highest BCUT2D eigenvalue weighted by Gasteiger charge is 2.46. The van der Waals surface area contributed by atoms with Gasteiger partial charge in [0.15, 0.2) is 0 Å². The van der Waals surface area contributed by atoms with Crippen molar-refractivity contribution in [3.05, 3.63) is 0 Å². The van der Waals surface area contributed by atoms with E-state index in [1.165, 1.54) is 20.0 Å². The summed E-state index contributed by atoms with van der Waals surface area (Å²) in [5, 5.41) is 0. The third-order valence-corrected chi connectivity index (χ3v) is 5.09. The van der Waals surface area contributed by atoms with Gasteiger partial charge in [0.05, 0.1) is 13.2 Å². The zero-order chi connectivity index (χ0) is 15.3. The molecule has 0 amide bonds. The number of ether oxygens (including phenoxy) is 2. The van der Waals surface area contributed by atoms with Crippen LogP contribution in [0.5, 0.6) is 0 Å². The van der Waals surface area contributed by atoms with Gasteiger partial charge < -0.3 is 20.1 Å². The predicted octanol–water partition coefficient (Wildman–Crippen LogP) is 1.55. The number of nitrogens with zero attached hydrogens (tertiary/aromatic N) is 1. The lowest BCUT2D eigenvalue weighted by Gasteiger charge is -2.31. The first-order valence-corrected chi connectivity index (χ1v) is 8.23. The van der Waals surface area contributed by atoms with Crippen molar-refractivity contribution in [1.29, 1.82) is 0 Å². The van der Waals surface area contributed by atoms with E-state index >= 15 is 0 Å². The van der Waals surface area contributed by atoms with Crippen LogP contribution in [-0.4, -0.2) is 56.4 Å². The third kappa shape index (κ3) is 4.18. The molecule has 5 heteroatoms. The van der Waals surface area contributed by atoms with Crippen molar-refractivity contribution in [3.63, 3.8) is 0 Å². The molecule has 0 aromatic rings. The van der Waals surface area contributed by atoms with Crippen LogP contribution in [0.1, 0.15) is 44.9 Å². The molecule has 2 rings (SSSR count). The summed E-state index contributed by atoms with van der Waals surface area (Å²) in [7, 11) is 3.56. The summed E-state index contributed by atoms with van der Waals surface area (Å²) in [5.74, 6) is -0.0112. The van der Waals surface area contributed by atoms with E-state index in [0.717, 1.165) is 51.8 Å². The lowest BCUT2D eigenvalue weighted by Crippen LogP contribution is -2.52. The monoisotopic (exact) mass is 298 g/mol. The van der Waals surface area contributed by atoms with Gasteiger partial charge >= 0.3 is 5.97 Å². The van der Waals surface area contributed by atoms with Gasteiger partial charge in [-0.3, -0.25) is 4.79 Å². The number of nitrogens with two attached hydrogens (primary N) is 1. The molecule has 2 fully saturated rings. The number of carbonyl (C=O) groups is 1. The number of carbonyl (C=O) groups excluding carboxylic acids is 1. The van der Waals surface area contributed by atoms with Crippen molar-refractivity contribution in [1.82, 2.24) is 4.90 Å². The van der Waals surface area contributed by atoms with Crippen molar-refractivity contribution < 1.29 is 14.3 Å². The molecule has 1 aliphatic carbocycles. The zero-order valence-electron chi connectivity index (χ0n) is 13.5. The largest absolute Gasteiger partial charge is 0.468 e. The zero-order valence-corrected chi connectivity index (χ0v) is 13.5. The minimum atomic E-state index is -0.767. The molecular formula is C16H30N2O3. The molecule has 1 saturated carbocycles. The van der Waals surface area contributed by atoms with Gasteiger partial charge in [-0.25, -0.2) is 0 Å². The van der Waals surface area contributed by atoms with E-state index in [9.17, 15) is 4.79 Å². The molecule has 1 saturated heterocycles. The molecule has 0 aromatic carbocycles. The van der Waals surface area contributed by atoms with E-state index in [1.807, 2.05) is 0 Å². The maximum atomic E-state index is 11.9. The van der Waals surface area contributed by atoms with Gasteiger partial charge in [0.1, 0.15) is 5.54 Å². The van der Waals surface area contributed by atoms with Gasteiger partial charge in [-0.05, 0) is 58.0 Å². The van der Waals surface area contributed by atoms with Gasteiger partial charge in [0.2, 0.25) is 0 Å². The standard InChI is InChI=1S/C16H30N2O3/c1-18(12-14-7-3-4-11-21-14)10-8-13-6-5-9-16(13,17)15(19)20-2/h13-14H,3-12,17H2,1-2H3. The number of hydrogen-bond acceptors (Lipinski definition) is 5. The molecule has 2 N–H and O–H groups in total. The van der Waals surface area contributed by atoms with Gasteiger partial charge in [0, 0.05) is 13.2 Å². The van der Waals surface area contributed by atoms with Crippen LogP contribution in [0.2, 0.25) is 0 Å². The Morgan fingerprint density at radius 3 is 2.86 bits per heavy atom. The summed E-state index contributed by atoms with van der Waals surface area (Å²) in [5.41, 5.74) is 5.54. The van der Waals surface area contributed by atoms with Gasteiger partial charge in [-0.1, -0.05) is 6.42 Å². The van der Waals surface area contributed by atoms with E-state index in [2.05, 4.69) is 11.9 Å². The van der Waals surface area contributed by atoms with Gasteiger partial charge in [0.25, 0.3) is 0 Å². The fourth-order valence-electron chi connectivity index (χ4n) is 3.73. The Labute approximate surface area is 128 Å². The van der Waals surface area contributed by atoms with Crippen LogP contribution in [-0.2, 0) is 14.3 Å². The average Bonchev–Trinajstić information content (AvgIpc) is 2.87. The van der Waals surface area contributed by atoms with Crippen LogP contribution < -0.4 is 5.73 Å². The van der Waals surface area contributed by atoms with Gasteiger partial charge in [-0.15, -0.1) is 0 Å². The molecule has 0 aromatic heterocycles. The van der Waals surface area contributed by atoms with Crippen LogP contribution in [0.15, 0.2) is 0 Å². The Hall–Kier alpha value is -0.650. The summed E-state index contributed by atoms with van der Waals surface area (Å²) in [6, 6.07) is 0. The van der Waals surface area contributed by atoms with Crippen LogP contribution >= 0.6 is 0 Å². The first-order chi connectivity index (χ1) is 10.1. The fourth-order valence-corrected chi connectivity index (χ4v) is 3.73. The lowest BCUT2D eigenvalue weighted by molar-refractivity contribution is -0.148.